The SMILES string of the molecule is Cc1c(C(N)=O)cnn2cc(-c3nnn(C)n3)cc12. The number of hydrogen-bond donors (Lipinski definition) is 1. The second-order valence-electron chi connectivity index (χ2n) is 4.21. The predicted molar refractivity (Wildman–Crippen MR) is 66.2 cm³/mol. The standard InChI is InChI=1S/C11H11N7O/c1-6-8(10(12)19)4-13-18-5-7(3-9(6)18)11-14-16-17(2)15-11/h3-5H,1-2H3,(H2,12,19). The van der Waals surface area contributed by atoms with E-state index < -0.39 is 5.91 Å². The first-order valence-electron chi connectivity index (χ1n) is 5.58. The monoisotopic (exact) mass is 257 g/mol. The number of nitrogens with two attached hydrogens (primary N) is 1. The van der Waals surface area contributed by atoms with Gasteiger partial charge in [-0.2, -0.15) is 9.90 Å². The van der Waals surface area contributed by atoms with Crippen LogP contribution in [0.15, 0.2) is 18.5 Å². The van der Waals surface area contributed by atoms with Gasteiger partial charge >= 0.3 is 0 Å². The fourth-order valence-electron chi connectivity index (χ4n) is 1.95. The van der Waals surface area contributed by atoms with Crippen molar-refractivity contribution >= 4 is 11.4 Å². The van der Waals surface area contributed by atoms with Crippen LogP contribution in [0.25, 0.3) is 16.9 Å². The average Bonchev–Trinajstić information content (AvgIpc) is 2.95. The molecule has 0 aliphatic rings. The number of fused-ring (bicyclic) bond motifs is 1. The van der Waals surface area contributed by atoms with Gasteiger partial charge in [-0.25, -0.2) is 4.52 Å². The van der Waals surface area contributed by atoms with Crippen LogP contribution in [0.4, 0.5) is 0 Å². The zero-order chi connectivity index (χ0) is 13.6. The molecule has 0 unspecified atom stereocenters. The Kier molecular flexibility index (Phi) is 2.31. The molecule has 0 aliphatic carbocycles. The highest BCUT2D eigenvalue weighted by molar-refractivity contribution is 5.95. The van der Waals surface area contributed by atoms with E-state index in [9.17, 15) is 4.79 Å². The molecule has 0 fully saturated rings. The number of primary amides is 1. The number of amides is 1. The van der Waals surface area contributed by atoms with Gasteiger partial charge in [-0.3, -0.25) is 4.79 Å². The minimum absolute atomic E-state index is 0.407. The van der Waals surface area contributed by atoms with Gasteiger partial charge in [0, 0.05) is 11.8 Å². The van der Waals surface area contributed by atoms with Crippen molar-refractivity contribution in [2.75, 3.05) is 0 Å². The third-order valence-corrected chi connectivity index (χ3v) is 2.93. The van der Waals surface area contributed by atoms with Crippen molar-refractivity contribution in [1.82, 2.24) is 29.8 Å². The first-order chi connectivity index (χ1) is 9.06. The summed E-state index contributed by atoms with van der Waals surface area (Å²) in [6.07, 6.45) is 3.24. The number of aromatic nitrogens is 6. The lowest BCUT2D eigenvalue weighted by atomic mass is 10.1. The van der Waals surface area contributed by atoms with Gasteiger partial charge in [0.1, 0.15) is 0 Å². The van der Waals surface area contributed by atoms with Crippen LogP contribution in [0, 0.1) is 6.92 Å². The molecule has 0 aliphatic heterocycles. The van der Waals surface area contributed by atoms with Gasteiger partial charge in [-0.05, 0) is 23.8 Å². The molecule has 0 aromatic carbocycles. The highest BCUT2D eigenvalue weighted by Gasteiger charge is 2.13. The fourth-order valence-corrected chi connectivity index (χ4v) is 1.95. The molecule has 19 heavy (non-hydrogen) atoms. The molecule has 3 aromatic rings. The zero-order valence-electron chi connectivity index (χ0n) is 10.4. The van der Waals surface area contributed by atoms with E-state index in [4.69, 9.17) is 5.73 Å². The molecule has 0 atom stereocenters. The van der Waals surface area contributed by atoms with Gasteiger partial charge in [0.15, 0.2) is 0 Å². The molecule has 1 amide bonds. The molecular formula is C11H11N7O. The Labute approximate surface area is 107 Å². The van der Waals surface area contributed by atoms with Gasteiger partial charge in [-0.15, -0.1) is 10.2 Å². The summed E-state index contributed by atoms with van der Waals surface area (Å²) in [5, 5.41) is 16.0. The van der Waals surface area contributed by atoms with E-state index in [1.54, 1.807) is 17.8 Å². The Balaban J connectivity index is 2.21. The second-order valence-corrected chi connectivity index (χ2v) is 4.21. The van der Waals surface area contributed by atoms with E-state index in [1.807, 2.05) is 13.0 Å². The maximum Gasteiger partial charge on any atom is 0.250 e. The molecule has 0 saturated carbocycles. The summed E-state index contributed by atoms with van der Waals surface area (Å²) >= 11 is 0. The number of tetrazole rings is 1. The maximum atomic E-state index is 11.3. The molecule has 3 heterocycles. The second kappa shape index (κ2) is 3.87. The van der Waals surface area contributed by atoms with Crippen molar-refractivity contribution in [3.8, 4) is 11.4 Å². The molecule has 0 radical (unpaired) electrons. The summed E-state index contributed by atoms with van der Waals surface area (Å²) < 4.78 is 1.66. The van der Waals surface area contributed by atoms with E-state index in [2.05, 4.69) is 20.5 Å². The summed E-state index contributed by atoms with van der Waals surface area (Å²) in [6.45, 7) is 1.82. The minimum atomic E-state index is -0.493. The fraction of sp³-hybridized carbons (Fsp3) is 0.182. The van der Waals surface area contributed by atoms with E-state index in [1.165, 1.54) is 11.0 Å². The number of nitrogens with zero attached hydrogens (tertiary/aromatic N) is 6. The van der Waals surface area contributed by atoms with E-state index in [0.717, 1.165) is 16.6 Å². The van der Waals surface area contributed by atoms with E-state index >= 15 is 0 Å². The van der Waals surface area contributed by atoms with Gasteiger partial charge in [0.05, 0.1) is 24.3 Å². The van der Waals surface area contributed by atoms with Gasteiger partial charge in [0.25, 0.3) is 5.91 Å². The quantitative estimate of drug-likeness (QED) is 0.692. The molecule has 2 N–H and O–H groups in total. The minimum Gasteiger partial charge on any atom is -0.366 e. The predicted octanol–water partition coefficient (Wildman–Crippen LogP) is -0.0679. The lowest BCUT2D eigenvalue weighted by Crippen LogP contribution is -2.14. The molecular weight excluding hydrogens is 246 g/mol. The van der Waals surface area contributed by atoms with Crippen LogP contribution in [0.3, 0.4) is 0 Å². The lowest BCUT2D eigenvalue weighted by molar-refractivity contribution is 0.0999. The van der Waals surface area contributed by atoms with Crippen LogP contribution < -0.4 is 5.73 Å². The first kappa shape index (κ1) is 11.3. The van der Waals surface area contributed by atoms with Crippen LogP contribution in [-0.4, -0.2) is 35.7 Å². The number of hydrogen-bond acceptors (Lipinski definition) is 5. The normalized spacial score (nSPS) is 11.1. The molecule has 0 saturated heterocycles. The largest absolute Gasteiger partial charge is 0.366 e. The Morgan fingerprint density at radius 2 is 2.21 bits per heavy atom. The van der Waals surface area contributed by atoms with Gasteiger partial charge in [-0.1, -0.05) is 0 Å². The highest BCUT2D eigenvalue weighted by atomic mass is 16.1. The molecule has 0 bridgehead atoms. The Hall–Kier alpha value is -2.77. The molecule has 8 nitrogen and oxygen atoms in total. The molecule has 3 rings (SSSR count). The lowest BCUT2D eigenvalue weighted by Gasteiger charge is -2.02. The van der Waals surface area contributed by atoms with Gasteiger partial charge < -0.3 is 5.73 Å². The van der Waals surface area contributed by atoms with E-state index in [-0.39, 0.29) is 0 Å². The van der Waals surface area contributed by atoms with E-state index in [0.29, 0.717) is 11.4 Å². The molecule has 96 valence electrons. The Morgan fingerprint density at radius 1 is 1.42 bits per heavy atom. The van der Waals surface area contributed by atoms with Crippen molar-refractivity contribution in [3.63, 3.8) is 0 Å². The van der Waals surface area contributed by atoms with Crippen LogP contribution in [0.2, 0.25) is 0 Å². The van der Waals surface area contributed by atoms with Crippen LogP contribution in [0.5, 0.6) is 0 Å². The van der Waals surface area contributed by atoms with Crippen LogP contribution >= 0.6 is 0 Å². The maximum absolute atomic E-state index is 11.3. The summed E-state index contributed by atoms with van der Waals surface area (Å²) in [6, 6.07) is 1.85. The third kappa shape index (κ3) is 1.73. The smallest absolute Gasteiger partial charge is 0.250 e. The Bertz CT molecular complexity index is 786. The highest BCUT2D eigenvalue weighted by Crippen LogP contribution is 2.21. The number of rotatable bonds is 2. The molecule has 3 aromatic heterocycles. The summed E-state index contributed by atoms with van der Waals surface area (Å²) in [4.78, 5) is 12.7. The van der Waals surface area contributed by atoms with Crippen molar-refractivity contribution in [2.45, 2.75) is 6.92 Å². The summed E-state index contributed by atoms with van der Waals surface area (Å²) in [7, 11) is 1.70. The first-order valence-corrected chi connectivity index (χ1v) is 5.58. The van der Waals surface area contributed by atoms with Gasteiger partial charge in [0.2, 0.25) is 5.82 Å². The van der Waals surface area contributed by atoms with Crippen molar-refractivity contribution < 1.29 is 4.79 Å². The molecule has 8 heteroatoms. The Morgan fingerprint density at radius 3 is 2.84 bits per heavy atom. The van der Waals surface area contributed by atoms with Crippen molar-refractivity contribution in [1.29, 1.82) is 0 Å². The van der Waals surface area contributed by atoms with Crippen molar-refractivity contribution in [3.05, 3.63) is 29.6 Å². The topological polar surface area (TPSA) is 104 Å². The zero-order valence-corrected chi connectivity index (χ0v) is 10.4. The third-order valence-electron chi connectivity index (χ3n) is 2.93. The summed E-state index contributed by atoms with van der Waals surface area (Å²) in [5.41, 5.74) is 8.06. The van der Waals surface area contributed by atoms with Crippen molar-refractivity contribution in [2.24, 2.45) is 12.8 Å². The number of aryl methyl sites for hydroxylation is 2. The number of carbonyl (C=O) groups excluding carboxylic acids is 1. The van der Waals surface area contributed by atoms with Crippen LogP contribution in [-0.2, 0) is 7.05 Å². The summed E-state index contributed by atoms with van der Waals surface area (Å²) in [5.74, 6) is 0.0147. The molecule has 0 spiro atoms. The van der Waals surface area contributed by atoms with Crippen LogP contribution in [0.1, 0.15) is 15.9 Å². The number of carbonyl (C=O) groups is 1. The average molecular weight is 257 g/mol.